The van der Waals surface area contributed by atoms with Gasteiger partial charge in [0.15, 0.2) is 0 Å². The highest BCUT2D eigenvalue weighted by Crippen LogP contribution is 2.32. The lowest BCUT2D eigenvalue weighted by atomic mass is 10.0. The topological polar surface area (TPSA) is 53.2 Å². The number of phenols is 1. The van der Waals surface area contributed by atoms with E-state index in [1.54, 1.807) is 43.5 Å². The molecule has 0 fully saturated rings. The second kappa shape index (κ2) is 4.58. The average Bonchev–Trinajstić information content (AvgIpc) is 2.38. The molecule has 0 aliphatic heterocycles. The summed E-state index contributed by atoms with van der Waals surface area (Å²) in [4.78, 5) is 0. The van der Waals surface area contributed by atoms with Crippen LogP contribution in [0.25, 0.3) is 11.1 Å². The predicted octanol–water partition coefficient (Wildman–Crippen LogP) is 2.94. The summed E-state index contributed by atoms with van der Waals surface area (Å²) in [6.07, 6.45) is 0. The van der Waals surface area contributed by atoms with E-state index >= 15 is 0 Å². The molecule has 0 atom stereocenters. The number of hydrogen-bond donors (Lipinski definition) is 1. The van der Waals surface area contributed by atoms with Crippen LogP contribution in [0.15, 0.2) is 42.5 Å². The largest absolute Gasteiger partial charge is 0.508 e. The number of nitriles is 1. The molecule has 0 heterocycles. The van der Waals surface area contributed by atoms with Crippen LogP contribution in [-0.4, -0.2) is 12.2 Å². The number of phenolic OH excluding ortho intramolecular Hbond substituents is 1. The summed E-state index contributed by atoms with van der Waals surface area (Å²) in [7, 11) is 1.58. The molecule has 0 unspecified atom stereocenters. The number of aromatic hydroxyl groups is 1. The van der Waals surface area contributed by atoms with E-state index in [0.717, 1.165) is 11.1 Å². The van der Waals surface area contributed by atoms with Crippen molar-refractivity contribution in [3.8, 4) is 28.7 Å². The fourth-order valence-electron chi connectivity index (χ4n) is 1.68. The Morgan fingerprint density at radius 1 is 1.18 bits per heavy atom. The third-order valence-electron chi connectivity index (χ3n) is 2.49. The highest BCUT2D eigenvalue weighted by molar-refractivity contribution is 5.73. The number of methoxy groups -OCH3 is 1. The first-order chi connectivity index (χ1) is 8.24. The van der Waals surface area contributed by atoms with Gasteiger partial charge in [0.05, 0.1) is 18.7 Å². The minimum absolute atomic E-state index is 0.187. The van der Waals surface area contributed by atoms with Crippen molar-refractivity contribution in [2.75, 3.05) is 7.11 Å². The van der Waals surface area contributed by atoms with Crippen molar-refractivity contribution in [1.29, 1.82) is 5.26 Å². The molecule has 0 radical (unpaired) electrons. The van der Waals surface area contributed by atoms with Gasteiger partial charge >= 0.3 is 0 Å². The van der Waals surface area contributed by atoms with Crippen molar-refractivity contribution in [3.05, 3.63) is 48.0 Å². The Morgan fingerprint density at radius 2 is 2.00 bits per heavy atom. The highest BCUT2D eigenvalue weighted by atomic mass is 16.5. The maximum atomic E-state index is 9.46. The Hall–Kier alpha value is -2.47. The molecule has 2 rings (SSSR count). The van der Waals surface area contributed by atoms with E-state index in [-0.39, 0.29) is 5.75 Å². The summed E-state index contributed by atoms with van der Waals surface area (Å²) in [6.45, 7) is 0. The smallest absolute Gasteiger partial charge is 0.126 e. The van der Waals surface area contributed by atoms with Crippen LogP contribution < -0.4 is 4.74 Å². The zero-order valence-electron chi connectivity index (χ0n) is 9.34. The Balaban J connectivity index is 2.61. The molecular formula is C14H11NO2. The van der Waals surface area contributed by atoms with E-state index in [2.05, 4.69) is 6.07 Å². The molecule has 84 valence electrons. The first-order valence-corrected chi connectivity index (χ1v) is 5.12. The average molecular weight is 225 g/mol. The van der Waals surface area contributed by atoms with Crippen LogP contribution in [0.3, 0.4) is 0 Å². The number of nitrogens with zero attached hydrogens (tertiary/aromatic N) is 1. The molecule has 0 saturated heterocycles. The van der Waals surface area contributed by atoms with Gasteiger partial charge in [0.1, 0.15) is 11.5 Å². The van der Waals surface area contributed by atoms with Gasteiger partial charge in [0, 0.05) is 5.56 Å². The summed E-state index contributed by atoms with van der Waals surface area (Å²) < 4.78 is 5.25. The van der Waals surface area contributed by atoms with Crippen molar-refractivity contribution in [2.45, 2.75) is 0 Å². The molecular weight excluding hydrogens is 214 g/mol. The minimum Gasteiger partial charge on any atom is -0.508 e. The van der Waals surface area contributed by atoms with Crippen LogP contribution in [0.4, 0.5) is 0 Å². The molecule has 3 heteroatoms. The summed E-state index contributed by atoms with van der Waals surface area (Å²) >= 11 is 0. The van der Waals surface area contributed by atoms with Crippen molar-refractivity contribution in [3.63, 3.8) is 0 Å². The molecule has 2 aromatic carbocycles. The van der Waals surface area contributed by atoms with Gasteiger partial charge in [-0.3, -0.25) is 0 Å². The number of rotatable bonds is 2. The second-order valence-electron chi connectivity index (χ2n) is 3.58. The Morgan fingerprint density at radius 3 is 2.65 bits per heavy atom. The summed E-state index contributed by atoms with van der Waals surface area (Å²) in [5.41, 5.74) is 2.17. The first-order valence-electron chi connectivity index (χ1n) is 5.12. The summed E-state index contributed by atoms with van der Waals surface area (Å²) in [5, 5.41) is 18.3. The van der Waals surface area contributed by atoms with E-state index in [0.29, 0.717) is 11.3 Å². The normalized spacial score (nSPS) is 9.65. The molecule has 3 nitrogen and oxygen atoms in total. The van der Waals surface area contributed by atoms with E-state index < -0.39 is 0 Å². The summed E-state index contributed by atoms with van der Waals surface area (Å²) in [5.74, 6) is 0.863. The van der Waals surface area contributed by atoms with E-state index in [1.165, 1.54) is 0 Å². The molecule has 0 spiro atoms. The molecule has 0 aromatic heterocycles. The van der Waals surface area contributed by atoms with E-state index in [9.17, 15) is 5.11 Å². The number of hydrogen-bond acceptors (Lipinski definition) is 3. The molecule has 2 aromatic rings. The van der Waals surface area contributed by atoms with Crippen molar-refractivity contribution >= 4 is 0 Å². The van der Waals surface area contributed by atoms with Gasteiger partial charge in [0.2, 0.25) is 0 Å². The maximum absolute atomic E-state index is 9.46. The minimum atomic E-state index is 0.187. The monoisotopic (exact) mass is 225 g/mol. The lowest BCUT2D eigenvalue weighted by Gasteiger charge is -2.09. The zero-order valence-corrected chi connectivity index (χ0v) is 9.34. The highest BCUT2D eigenvalue weighted by Gasteiger charge is 2.07. The van der Waals surface area contributed by atoms with Gasteiger partial charge < -0.3 is 9.84 Å². The van der Waals surface area contributed by atoms with Gasteiger partial charge in [-0.2, -0.15) is 5.26 Å². The van der Waals surface area contributed by atoms with Crippen LogP contribution in [0.2, 0.25) is 0 Å². The second-order valence-corrected chi connectivity index (χ2v) is 3.58. The summed E-state index contributed by atoms with van der Waals surface area (Å²) in [6, 6.07) is 14.1. The predicted molar refractivity (Wildman–Crippen MR) is 64.8 cm³/mol. The molecule has 0 amide bonds. The Kier molecular flexibility index (Phi) is 2.97. The van der Waals surface area contributed by atoms with Gasteiger partial charge in [-0.05, 0) is 35.9 Å². The third kappa shape index (κ3) is 2.21. The first kappa shape index (κ1) is 11.0. The quantitative estimate of drug-likeness (QED) is 0.854. The lowest BCUT2D eigenvalue weighted by molar-refractivity contribution is 0.416. The van der Waals surface area contributed by atoms with Crippen LogP contribution in [0.5, 0.6) is 11.5 Å². The lowest BCUT2D eigenvalue weighted by Crippen LogP contribution is -1.89. The molecule has 0 saturated carbocycles. The Labute approximate surface area is 99.5 Å². The molecule has 17 heavy (non-hydrogen) atoms. The van der Waals surface area contributed by atoms with Crippen LogP contribution in [0, 0.1) is 11.3 Å². The third-order valence-corrected chi connectivity index (χ3v) is 2.49. The van der Waals surface area contributed by atoms with Gasteiger partial charge in [-0.1, -0.05) is 12.1 Å². The van der Waals surface area contributed by atoms with Crippen molar-refractivity contribution in [2.24, 2.45) is 0 Å². The van der Waals surface area contributed by atoms with E-state index in [1.807, 2.05) is 6.07 Å². The van der Waals surface area contributed by atoms with Crippen LogP contribution >= 0.6 is 0 Å². The van der Waals surface area contributed by atoms with E-state index in [4.69, 9.17) is 10.00 Å². The fraction of sp³-hybridized carbons (Fsp3) is 0.0714. The molecule has 0 bridgehead atoms. The molecule has 0 aliphatic carbocycles. The van der Waals surface area contributed by atoms with Gasteiger partial charge in [-0.15, -0.1) is 0 Å². The number of ether oxygens (including phenoxy) is 1. The van der Waals surface area contributed by atoms with Crippen molar-refractivity contribution in [1.82, 2.24) is 0 Å². The fourth-order valence-corrected chi connectivity index (χ4v) is 1.68. The van der Waals surface area contributed by atoms with Crippen LogP contribution in [-0.2, 0) is 0 Å². The van der Waals surface area contributed by atoms with Crippen LogP contribution in [0.1, 0.15) is 5.56 Å². The van der Waals surface area contributed by atoms with Gasteiger partial charge in [-0.25, -0.2) is 0 Å². The van der Waals surface area contributed by atoms with Crippen molar-refractivity contribution < 1.29 is 9.84 Å². The molecule has 1 N–H and O–H groups in total. The zero-order chi connectivity index (χ0) is 12.3. The molecule has 0 aliphatic rings. The Bertz CT molecular complexity index is 585. The maximum Gasteiger partial charge on any atom is 0.126 e. The standard InChI is InChI=1S/C14H11NO2/c1-17-14-6-5-10(9-15)7-13(14)11-3-2-4-12(16)8-11/h2-8,16H,1H3. The number of benzene rings is 2. The van der Waals surface area contributed by atoms with Gasteiger partial charge in [0.25, 0.3) is 0 Å². The SMILES string of the molecule is COc1ccc(C#N)cc1-c1cccc(O)c1.